The highest BCUT2D eigenvalue weighted by Crippen LogP contribution is 2.30. The predicted molar refractivity (Wildman–Crippen MR) is 139 cm³/mol. The number of piperidine rings is 1. The zero-order chi connectivity index (χ0) is 24.4. The number of anilines is 1. The van der Waals surface area contributed by atoms with Gasteiger partial charge in [0.2, 0.25) is 5.91 Å². The predicted octanol–water partition coefficient (Wildman–Crippen LogP) is 3.00. The van der Waals surface area contributed by atoms with E-state index in [-0.39, 0.29) is 18.1 Å². The highest BCUT2D eigenvalue weighted by atomic mass is 16.5. The van der Waals surface area contributed by atoms with E-state index in [4.69, 9.17) is 25.2 Å². The molecule has 1 amide bonds. The van der Waals surface area contributed by atoms with Crippen molar-refractivity contribution in [1.29, 1.82) is 0 Å². The number of nitrogens with zero attached hydrogens (tertiary/aromatic N) is 4. The summed E-state index contributed by atoms with van der Waals surface area (Å²) in [5.41, 5.74) is 10.5. The molecule has 0 saturated carbocycles. The van der Waals surface area contributed by atoms with Crippen LogP contribution in [0.3, 0.4) is 0 Å². The molecule has 0 bridgehead atoms. The van der Waals surface area contributed by atoms with Gasteiger partial charge >= 0.3 is 0 Å². The molecule has 0 aliphatic carbocycles. The van der Waals surface area contributed by atoms with Crippen LogP contribution in [0.15, 0.2) is 41.0 Å². The van der Waals surface area contributed by atoms with Gasteiger partial charge in [0, 0.05) is 94.0 Å². The smallest absolute Gasteiger partial charge is 0.219 e. The summed E-state index contributed by atoms with van der Waals surface area (Å²) in [4.78, 5) is 26.2. The second-order valence-electron chi connectivity index (χ2n) is 9.66. The fraction of sp³-hybridized carbons (Fsp3) is 0.519. The molecular weight excluding hydrogens is 442 g/mol. The van der Waals surface area contributed by atoms with E-state index in [2.05, 4.69) is 17.0 Å². The Morgan fingerprint density at radius 3 is 2.80 bits per heavy atom. The average Bonchev–Trinajstić information content (AvgIpc) is 3.38. The highest BCUT2D eigenvalue weighted by Gasteiger charge is 2.27. The number of hydrogen-bond acceptors (Lipinski definition) is 7. The molecule has 3 aliphatic heterocycles. The number of aromatic nitrogens is 1. The Labute approximate surface area is 206 Å². The number of methoxy groups -OCH3 is 1. The molecule has 2 N–H and O–H groups in total. The molecule has 0 radical (unpaired) electrons. The molecule has 0 spiro atoms. The summed E-state index contributed by atoms with van der Waals surface area (Å²) in [7, 11) is 1.77. The van der Waals surface area contributed by atoms with E-state index in [9.17, 15) is 4.79 Å². The number of fused-ring (bicyclic) bond motifs is 1. The van der Waals surface area contributed by atoms with Crippen molar-refractivity contribution in [3.8, 4) is 0 Å². The molecule has 8 nitrogen and oxygen atoms in total. The van der Waals surface area contributed by atoms with Crippen molar-refractivity contribution < 1.29 is 14.3 Å². The molecule has 1 atom stereocenters. The molecule has 2 aromatic rings. The van der Waals surface area contributed by atoms with Gasteiger partial charge in [0.15, 0.2) is 0 Å². The molecule has 35 heavy (non-hydrogen) atoms. The van der Waals surface area contributed by atoms with E-state index < -0.39 is 0 Å². The van der Waals surface area contributed by atoms with Gasteiger partial charge in [0.1, 0.15) is 5.82 Å². The normalized spacial score (nSPS) is 24.4. The number of amides is 1. The third kappa shape index (κ3) is 5.04. The second-order valence-corrected chi connectivity index (χ2v) is 9.66. The van der Waals surface area contributed by atoms with E-state index in [1.165, 1.54) is 0 Å². The van der Waals surface area contributed by atoms with Gasteiger partial charge in [0.05, 0.1) is 12.1 Å². The summed E-state index contributed by atoms with van der Waals surface area (Å²) in [6.07, 6.45) is 5.76. The lowest BCUT2D eigenvalue weighted by molar-refractivity contribution is -0.128. The number of carbonyl (C=O) groups excluding carboxylic acids is 1. The van der Waals surface area contributed by atoms with Crippen LogP contribution < -0.4 is 10.6 Å². The summed E-state index contributed by atoms with van der Waals surface area (Å²) in [5.74, 6) is 1.02. The highest BCUT2D eigenvalue weighted by molar-refractivity contribution is 6.10. The van der Waals surface area contributed by atoms with Crippen LogP contribution in [0.5, 0.6) is 0 Å². The van der Waals surface area contributed by atoms with Crippen LogP contribution in [0.25, 0.3) is 16.5 Å². The third-order valence-electron chi connectivity index (χ3n) is 7.46. The van der Waals surface area contributed by atoms with Crippen LogP contribution in [0.1, 0.15) is 38.2 Å². The lowest BCUT2D eigenvalue weighted by Gasteiger charge is -2.31. The van der Waals surface area contributed by atoms with Crippen LogP contribution in [0, 0.1) is 0 Å². The summed E-state index contributed by atoms with van der Waals surface area (Å²) in [6.45, 7) is 6.06. The summed E-state index contributed by atoms with van der Waals surface area (Å²) in [5, 5.41) is 2.10. The minimum Gasteiger partial charge on any atom is -0.398 e. The van der Waals surface area contributed by atoms with Crippen molar-refractivity contribution in [2.24, 2.45) is 10.7 Å². The maximum Gasteiger partial charge on any atom is 0.219 e. The van der Waals surface area contributed by atoms with Gasteiger partial charge in [-0.05, 0) is 30.7 Å². The van der Waals surface area contributed by atoms with E-state index in [1.807, 2.05) is 23.2 Å². The van der Waals surface area contributed by atoms with Gasteiger partial charge in [-0.25, -0.2) is 4.98 Å². The molecule has 4 heterocycles. The first-order valence-electron chi connectivity index (χ1n) is 12.6. The van der Waals surface area contributed by atoms with Gasteiger partial charge in [-0.1, -0.05) is 18.2 Å². The Hall–Kier alpha value is -2.97. The number of nitrogens with two attached hydrogens (primary N) is 1. The maximum atomic E-state index is 12.2. The van der Waals surface area contributed by atoms with Crippen molar-refractivity contribution >= 4 is 33.9 Å². The van der Waals surface area contributed by atoms with E-state index in [0.29, 0.717) is 18.8 Å². The molecule has 3 saturated heterocycles. The average molecular weight is 478 g/mol. The quantitative estimate of drug-likeness (QED) is 0.728. The number of benzene rings is 1. The molecule has 1 aromatic carbocycles. The molecule has 5 rings (SSSR count). The minimum atomic E-state index is 0.0598. The first kappa shape index (κ1) is 23.8. The molecule has 8 heteroatoms. The Kier molecular flexibility index (Phi) is 7.02. The van der Waals surface area contributed by atoms with E-state index >= 15 is 0 Å². The van der Waals surface area contributed by atoms with Crippen LogP contribution in [-0.4, -0.2) is 80.2 Å². The largest absolute Gasteiger partial charge is 0.398 e. The fourth-order valence-electron chi connectivity index (χ4n) is 5.30. The lowest BCUT2D eigenvalue weighted by atomic mass is 9.94. The molecule has 0 unspecified atom stereocenters. The Balaban J connectivity index is 1.52. The van der Waals surface area contributed by atoms with Crippen molar-refractivity contribution in [3.05, 3.63) is 41.6 Å². The Bertz CT molecular complexity index is 1150. The van der Waals surface area contributed by atoms with Gasteiger partial charge in [-0.3, -0.25) is 9.79 Å². The van der Waals surface area contributed by atoms with Crippen molar-refractivity contribution in [2.45, 2.75) is 44.8 Å². The van der Waals surface area contributed by atoms with Gasteiger partial charge in [-0.2, -0.15) is 0 Å². The van der Waals surface area contributed by atoms with E-state index in [0.717, 1.165) is 85.4 Å². The monoisotopic (exact) mass is 477 g/mol. The maximum absolute atomic E-state index is 12.2. The number of likely N-dealkylation sites (tertiary alicyclic amines) is 1. The number of rotatable bonds is 4. The molecular formula is C27H35N5O3. The van der Waals surface area contributed by atoms with Crippen LogP contribution in [0.4, 0.5) is 5.82 Å². The number of carbonyl (C=O) groups is 1. The van der Waals surface area contributed by atoms with E-state index in [1.54, 1.807) is 14.0 Å². The number of pyridine rings is 1. The first-order valence-corrected chi connectivity index (χ1v) is 12.6. The van der Waals surface area contributed by atoms with Gasteiger partial charge in [-0.15, -0.1) is 0 Å². The standard InChI is InChI=1S/C27H35N5O3/c1-18(33)31-11-7-25(30-20-8-12-35-13-9-20)24(17-31)27(28)22-5-3-4-19-14-26(29-15-23(19)22)32-10-6-21(16-32)34-2/h3-5,14-15,20-21H,6-13,16-17,28H2,1-2H3/t21-/m0/s1. The zero-order valence-electron chi connectivity index (χ0n) is 20.7. The van der Waals surface area contributed by atoms with Crippen molar-refractivity contribution in [3.63, 3.8) is 0 Å². The van der Waals surface area contributed by atoms with Crippen molar-refractivity contribution in [1.82, 2.24) is 9.88 Å². The second kappa shape index (κ2) is 10.3. The third-order valence-corrected chi connectivity index (χ3v) is 7.46. The zero-order valence-corrected chi connectivity index (χ0v) is 20.7. The minimum absolute atomic E-state index is 0.0598. The SMILES string of the molecule is CO[C@H]1CCN(c2cc3cccc(C(N)=C4CN(C(C)=O)CCC4=NC4CCOCC4)c3cn2)C1. The van der Waals surface area contributed by atoms with Crippen LogP contribution >= 0.6 is 0 Å². The summed E-state index contributed by atoms with van der Waals surface area (Å²) < 4.78 is 11.0. The van der Waals surface area contributed by atoms with Gasteiger partial charge < -0.3 is 25.0 Å². The van der Waals surface area contributed by atoms with Crippen molar-refractivity contribution in [2.75, 3.05) is 51.4 Å². The first-order chi connectivity index (χ1) is 17.0. The number of ether oxygens (including phenoxy) is 2. The van der Waals surface area contributed by atoms with Gasteiger partial charge in [0.25, 0.3) is 0 Å². The summed E-state index contributed by atoms with van der Waals surface area (Å²) in [6, 6.07) is 8.57. The Morgan fingerprint density at radius 1 is 1.23 bits per heavy atom. The topological polar surface area (TPSA) is 93.3 Å². The molecule has 3 aliphatic rings. The number of hydrogen-bond donors (Lipinski definition) is 1. The summed E-state index contributed by atoms with van der Waals surface area (Å²) >= 11 is 0. The number of aliphatic imine (C=N–C) groups is 1. The molecule has 1 aromatic heterocycles. The molecule has 186 valence electrons. The lowest BCUT2D eigenvalue weighted by Crippen LogP contribution is -2.40. The fourth-order valence-corrected chi connectivity index (χ4v) is 5.30. The molecule has 3 fully saturated rings. The Morgan fingerprint density at radius 2 is 2.06 bits per heavy atom. The van der Waals surface area contributed by atoms with Crippen LogP contribution in [-0.2, 0) is 14.3 Å². The van der Waals surface area contributed by atoms with Crippen LogP contribution in [0.2, 0.25) is 0 Å².